The fraction of sp³-hybridized carbons (Fsp3) is 0.444. The maximum atomic E-state index is 13.0. The quantitative estimate of drug-likeness (QED) is 0.869. The summed E-state index contributed by atoms with van der Waals surface area (Å²) in [6, 6.07) is 5.86. The van der Waals surface area contributed by atoms with Crippen LogP contribution in [0.4, 0.5) is 4.39 Å². The van der Waals surface area contributed by atoms with Crippen LogP contribution in [0.5, 0.6) is 0 Å². The van der Waals surface area contributed by atoms with E-state index in [1.165, 1.54) is 12.1 Å². The minimum atomic E-state index is -0.618. The standard InChI is InChI=1S/C18H21FN2O4/c1-12-15(21-17(25-12)13-3-5-14(19)6-4-13)11-16(22)20-8-7-18(2)23-9-10-24-18/h3-6H,7-11H2,1-2H3,(H,20,22). The Morgan fingerprint density at radius 1 is 1.28 bits per heavy atom. The highest BCUT2D eigenvalue weighted by atomic mass is 19.1. The number of ether oxygens (including phenoxy) is 2. The van der Waals surface area contributed by atoms with Crippen molar-refractivity contribution in [2.45, 2.75) is 32.5 Å². The van der Waals surface area contributed by atoms with Gasteiger partial charge in [0.1, 0.15) is 11.6 Å². The Labute approximate surface area is 145 Å². The number of halogens is 1. The predicted molar refractivity (Wildman–Crippen MR) is 88.3 cm³/mol. The zero-order valence-corrected chi connectivity index (χ0v) is 14.3. The molecule has 1 amide bonds. The van der Waals surface area contributed by atoms with Gasteiger partial charge < -0.3 is 19.2 Å². The van der Waals surface area contributed by atoms with Gasteiger partial charge >= 0.3 is 0 Å². The van der Waals surface area contributed by atoms with E-state index >= 15 is 0 Å². The molecule has 0 spiro atoms. The molecule has 0 atom stereocenters. The number of hydrogen-bond donors (Lipinski definition) is 1. The lowest BCUT2D eigenvalue weighted by Gasteiger charge is -2.22. The molecule has 25 heavy (non-hydrogen) atoms. The van der Waals surface area contributed by atoms with Crippen molar-refractivity contribution in [2.24, 2.45) is 0 Å². The number of nitrogens with one attached hydrogen (secondary N) is 1. The van der Waals surface area contributed by atoms with Crippen LogP contribution < -0.4 is 5.32 Å². The van der Waals surface area contributed by atoms with Crippen LogP contribution in [0.15, 0.2) is 28.7 Å². The van der Waals surface area contributed by atoms with Crippen LogP contribution in [0.25, 0.3) is 11.5 Å². The summed E-state index contributed by atoms with van der Waals surface area (Å²) in [5.74, 6) is -0.143. The number of aromatic nitrogens is 1. The maximum absolute atomic E-state index is 13.0. The Kier molecular flexibility index (Phi) is 5.15. The molecule has 0 radical (unpaired) electrons. The molecule has 7 heteroatoms. The number of carbonyl (C=O) groups is 1. The van der Waals surface area contributed by atoms with Crippen LogP contribution in [-0.4, -0.2) is 36.4 Å². The Morgan fingerprint density at radius 2 is 1.96 bits per heavy atom. The molecule has 1 saturated heterocycles. The molecule has 0 unspecified atom stereocenters. The van der Waals surface area contributed by atoms with Gasteiger partial charge in [-0.2, -0.15) is 0 Å². The molecule has 3 rings (SSSR count). The van der Waals surface area contributed by atoms with Gasteiger partial charge in [-0.3, -0.25) is 4.79 Å². The van der Waals surface area contributed by atoms with Crippen LogP contribution in [0, 0.1) is 12.7 Å². The van der Waals surface area contributed by atoms with Gasteiger partial charge in [-0.1, -0.05) is 0 Å². The molecule has 0 aliphatic carbocycles. The zero-order chi connectivity index (χ0) is 17.9. The Hall–Kier alpha value is -2.25. The summed E-state index contributed by atoms with van der Waals surface area (Å²) >= 11 is 0. The number of benzene rings is 1. The lowest BCUT2D eigenvalue weighted by atomic mass is 10.2. The highest BCUT2D eigenvalue weighted by molar-refractivity contribution is 5.78. The molecule has 6 nitrogen and oxygen atoms in total. The van der Waals surface area contributed by atoms with Gasteiger partial charge in [0.2, 0.25) is 11.8 Å². The van der Waals surface area contributed by atoms with Gasteiger partial charge in [-0.15, -0.1) is 0 Å². The molecular weight excluding hydrogens is 327 g/mol. The van der Waals surface area contributed by atoms with E-state index in [1.807, 2.05) is 6.92 Å². The van der Waals surface area contributed by atoms with E-state index in [9.17, 15) is 9.18 Å². The van der Waals surface area contributed by atoms with E-state index in [0.717, 1.165) is 0 Å². The van der Waals surface area contributed by atoms with E-state index in [2.05, 4.69) is 10.3 Å². The summed E-state index contributed by atoms with van der Waals surface area (Å²) in [6.45, 7) is 5.23. The monoisotopic (exact) mass is 348 g/mol. The zero-order valence-electron chi connectivity index (χ0n) is 14.3. The smallest absolute Gasteiger partial charge is 0.226 e. The summed E-state index contributed by atoms with van der Waals surface area (Å²) in [4.78, 5) is 16.5. The molecule has 0 bridgehead atoms. The van der Waals surface area contributed by atoms with Gasteiger partial charge in [-0.05, 0) is 38.1 Å². The van der Waals surface area contributed by atoms with Crippen molar-refractivity contribution in [1.29, 1.82) is 0 Å². The van der Waals surface area contributed by atoms with E-state index in [1.54, 1.807) is 19.1 Å². The molecule has 134 valence electrons. The average molecular weight is 348 g/mol. The first kappa shape index (κ1) is 17.6. The third-order valence-corrected chi connectivity index (χ3v) is 4.11. The summed E-state index contributed by atoms with van der Waals surface area (Å²) in [6.07, 6.45) is 0.701. The number of rotatable bonds is 6. The van der Waals surface area contributed by atoms with E-state index < -0.39 is 5.79 Å². The first-order valence-electron chi connectivity index (χ1n) is 8.22. The molecule has 1 aliphatic rings. The molecule has 1 N–H and O–H groups in total. The van der Waals surface area contributed by atoms with Crippen LogP contribution in [0.2, 0.25) is 0 Å². The Balaban J connectivity index is 1.55. The molecule has 1 aromatic carbocycles. The van der Waals surface area contributed by atoms with Gasteiger partial charge in [-0.25, -0.2) is 9.37 Å². The highest BCUT2D eigenvalue weighted by Gasteiger charge is 2.30. The molecule has 1 aromatic heterocycles. The van der Waals surface area contributed by atoms with Gasteiger partial charge in [0.25, 0.3) is 0 Å². The van der Waals surface area contributed by atoms with Crippen LogP contribution in [-0.2, 0) is 20.7 Å². The first-order chi connectivity index (χ1) is 12.0. The van der Waals surface area contributed by atoms with Crippen LogP contribution >= 0.6 is 0 Å². The van der Waals surface area contributed by atoms with Crippen molar-refractivity contribution in [3.05, 3.63) is 41.5 Å². The predicted octanol–water partition coefficient (Wildman–Crippen LogP) is 2.60. The molecule has 1 fully saturated rings. The van der Waals surface area contributed by atoms with Crippen molar-refractivity contribution < 1.29 is 23.1 Å². The topological polar surface area (TPSA) is 73.6 Å². The number of aryl methyl sites for hydroxylation is 1. The van der Waals surface area contributed by atoms with Crippen molar-refractivity contribution >= 4 is 5.91 Å². The fourth-order valence-corrected chi connectivity index (χ4v) is 2.65. The third-order valence-electron chi connectivity index (χ3n) is 4.11. The third kappa shape index (κ3) is 4.43. The minimum Gasteiger partial charge on any atom is -0.441 e. The summed E-state index contributed by atoms with van der Waals surface area (Å²) in [7, 11) is 0. The number of hydrogen-bond acceptors (Lipinski definition) is 5. The molecule has 1 aliphatic heterocycles. The maximum Gasteiger partial charge on any atom is 0.226 e. The van der Waals surface area contributed by atoms with Gasteiger partial charge in [0, 0.05) is 18.5 Å². The van der Waals surface area contributed by atoms with Gasteiger partial charge in [0.15, 0.2) is 5.79 Å². The van der Waals surface area contributed by atoms with E-state index in [4.69, 9.17) is 13.9 Å². The SMILES string of the molecule is Cc1oc(-c2ccc(F)cc2)nc1CC(=O)NCCC1(C)OCCO1. The highest BCUT2D eigenvalue weighted by Crippen LogP contribution is 2.23. The van der Waals surface area contributed by atoms with Crippen LogP contribution in [0.3, 0.4) is 0 Å². The average Bonchev–Trinajstić information content (AvgIpc) is 3.15. The Morgan fingerprint density at radius 3 is 2.64 bits per heavy atom. The Bertz CT molecular complexity index is 736. The summed E-state index contributed by atoms with van der Waals surface area (Å²) < 4.78 is 29.6. The molecule has 0 saturated carbocycles. The first-order valence-corrected chi connectivity index (χ1v) is 8.22. The molecule has 2 heterocycles. The number of amides is 1. The van der Waals surface area contributed by atoms with Crippen molar-refractivity contribution in [1.82, 2.24) is 10.3 Å². The minimum absolute atomic E-state index is 0.120. The lowest BCUT2D eigenvalue weighted by molar-refractivity contribution is -0.146. The largest absolute Gasteiger partial charge is 0.441 e. The number of oxazole rings is 1. The number of carbonyl (C=O) groups excluding carboxylic acids is 1. The second-order valence-corrected chi connectivity index (χ2v) is 6.14. The van der Waals surface area contributed by atoms with E-state index in [-0.39, 0.29) is 18.1 Å². The van der Waals surface area contributed by atoms with Crippen LogP contribution in [0.1, 0.15) is 24.8 Å². The molecular formula is C18H21FN2O4. The van der Waals surface area contributed by atoms with Crippen molar-refractivity contribution in [3.63, 3.8) is 0 Å². The number of nitrogens with zero attached hydrogens (tertiary/aromatic N) is 1. The van der Waals surface area contributed by atoms with Crippen molar-refractivity contribution in [2.75, 3.05) is 19.8 Å². The van der Waals surface area contributed by atoms with E-state index in [0.29, 0.717) is 49.1 Å². The molecule has 2 aromatic rings. The van der Waals surface area contributed by atoms with Crippen molar-refractivity contribution in [3.8, 4) is 11.5 Å². The summed E-state index contributed by atoms with van der Waals surface area (Å²) in [5.41, 5.74) is 1.23. The van der Waals surface area contributed by atoms with Gasteiger partial charge in [0.05, 0.1) is 25.3 Å². The second-order valence-electron chi connectivity index (χ2n) is 6.14. The fourth-order valence-electron chi connectivity index (χ4n) is 2.65. The summed E-state index contributed by atoms with van der Waals surface area (Å²) in [5, 5.41) is 2.84. The second kappa shape index (κ2) is 7.33. The lowest BCUT2D eigenvalue weighted by Crippen LogP contribution is -2.34. The normalized spacial score (nSPS) is 16.1.